The van der Waals surface area contributed by atoms with Gasteiger partial charge in [0.2, 0.25) is 5.91 Å². The first-order valence-corrected chi connectivity index (χ1v) is 10.9. The van der Waals surface area contributed by atoms with Gasteiger partial charge in [0.15, 0.2) is 0 Å². The van der Waals surface area contributed by atoms with E-state index < -0.39 is 35.5 Å². The zero-order valence-electron chi connectivity index (χ0n) is 18.8. The van der Waals surface area contributed by atoms with Crippen LogP contribution >= 0.6 is 0 Å². The van der Waals surface area contributed by atoms with Gasteiger partial charge in [-0.2, -0.15) is 0 Å². The van der Waals surface area contributed by atoms with Crippen LogP contribution in [0.4, 0.5) is 0 Å². The largest absolute Gasteiger partial charge is 0.391 e. The predicted octanol–water partition coefficient (Wildman–Crippen LogP) is 1.98. The molecule has 2 aromatic carbocycles. The van der Waals surface area contributed by atoms with E-state index in [2.05, 4.69) is 15.3 Å². The summed E-state index contributed by atoms with van der Waals surface area (Å²) in [6.07, 6.45) is 0.747. The Bertz CT molecular complexity index is 1100. The number of nitrogens with one attached hydrogen (secondary N) is 1. The second-order valence-corrected chi connectivity index (χ2v) is 8.93. The number of hydrogen-bond donors (Lipinski definition) is 4. The van der Waals surface area contributed by atoms with Crippen molar-refractivity contribution in [3.05, 3.63) is 72.1 Å². The number of nitrogens with zero attached hydrogens (tertiary/aromatic N) is 2. The van der Waals surface area contributed by atoms with Crippen LogP contribution in [0.3, 0.4) is 0 Å². The van der Waals surface area contributed by atoms with Crippen molar-refractivity contribution < 1.29 is 19.8 Å². The topological polar surface area (TPSA) is 138 Å². The van der Waals surface area contributed by atoms with E-state index in [4.69, 9.17) is 5.73 Å². The molecular weight excluding hydrogens is 420 g/mol. The smallest absolute Gasteiger partial charge is 0.271 e. The van der Waals surface area contributed by atoms with Gasteiger partial charge in [-0.15, -0.1) is 0 Å². The van der Waals surface area contributed by atoms with E-state index in [9.17, 15) is 19.8 Å². The van der Waals surface area contributed by atoms with Gasteiger partial charge in [-0.3, -0.25) is 14.6 Å². The number of aromatic nitrogens is 2. The maximum absolute atomic E-state index is 13.0. The van der Waals surface area contributed by atoms with Crippen LogP contribution in [0.15, 0.2) is 60.8 Å². The van der Waals surface area contributed by atoms with Crippen LogP contribution in [0, 0.1) is 5.92 Å². The maximum Gasteiger partial charge on any atom is 0.271 e. The first kappa shape index (κ1) is 24.3. The Balaban J connectivity index is 1.81. The molecule has 0 spiro atoms. The number of carbonyl (C=O) groups is 2. The molecule has 0 fully saturated rings. The standard InChI is InChI=1S/C25H30N4O4/c1-25(2,33)14-17(23(26)31)13-22(30)20(12-16-8-4-3-5-9-16)29-24(32)21-15-27-18-10-6-7-11-19(18)28-21/h3-11,15,17,20,22,30,33H,12-14H2,1-2H3,(H2,26,31)(H,29,32). The lowest BCUT2D eigenvalue weighted by Gasteiger charge is -2.29. The summed E-state index contributed by atoms with van der Waals surface area (Å²) in [7, 11) is 0. The molecule has 3 rings (SSSR count). The third-order valence-corrected chi connectivity index (χ3v) is 5.43. The first-order valence-electron chi connectivity index (χ1n) is 10.9. The summed E-state index contributed by atoms with van der Waals surface area (Å²) in [6, 6.07) is 15.9. The number of carbonyl (C=O) groups excluding carboxylic acids is 2. The minimum atomic E-state index is -1.13. The van der Waals surface area contributed by atoms with Crippen molar-refractivity contribution in [1.82, 2.24) is 15.3 Å². The zero-order valence-corrected chi connectivity index (χ0v) is 18.8. The number of nitrogens with two attached hydrogens (primary N) is 1. The molecule has 8 heteroatoms. The summed E-state index contributed by atoms with van der Waals surface area (Å²) in [5.74, 6) is -1.84. The van der Waals surface area contributed by atoms with Crippen molar-refractivity contribution >= 4 is 22.8 Å². The Kier molecular flexibility index (Phi) is 7.73. The molecule has 2 amide bonds. The van der Waals surface area contributed by atoms with E-state index in [1.54, 1.807) is 26.0 Å². The van der Waals surface area contributed by atoms with E-state index in [1.807, 2.05) is 42.5 Å². The van der Waals surface area contributed by atoms with Crippen molar-refractivity contribution in [3.63, 3.8) is 0 Å². The number of aliphatic hydroxyl groups is 2. The molecule has 33 heavy (non-hydrogen) atoms. The van der Waals surface area contributed by atoms with Gasteiger partial charge in [0.25, 0.3) is 5.91 Å². The van der Waals surface area contributed by atoms with E-state index in [1.165, 1.54) is 6.20 Å². The van der Waals surface area contributed by atoms with Gasteiger partial charge in [-0.1, -0.05) is 42.5 Å². The van der Waals surface area contributed by atoms with E-state index in [-0.39, 0.29) is 18.5 Å². The van der Waals surface area contributed by atoms with Crippen LogP contribution in [-0.4, -0.2) is 49.7 Å². The van der Waals surface area contributed by atoms with Crippen LogP contribution < -0.4 is 11.1 Å². The highest BCUT2D eigenvalue weighted by molar-refractivity contribution is 5.94. The summed E-state index contributed by atoms with van der Waals surface area (Å²) >= 11 is 0. The van der Waals surface area contributed by atoms with Crippen LogP contribution in [0.5, 0.6) is 0 Å². The van der Waals surface area contributed by atoms with Crippen LogP contribution in [0.25, 0.3) is 11.0 Å². The number of para-hydroxylation sites is 2. The quantitative estimate of drug-likeness (QED) is 0.373. The molecule has 174 valence electrons. The minimum absolute atomic E-state index is 0.000498. The van der Waals surface area contributed by atoms with Gasteiger partial charge in [-0.05, 0) is 50.8 Å². The Labute approximate surface area is 192 Å². The van der Waals surface area contributed by atoms with Gasteiger partial charge in [-0.25, -0.2) is 4.98 Å². The number of rotatable bonds is 10. The molecule has 1 aromatic heterocycles. The summed E-state index contributed by atoms with van der Waals surface area (Å²) in [5, 5.41) is 24.0. The highest BCUT2D eigenvalue weighted by Crippen LogP contribution is 2.22. The summed E-state index contributed by atoms with van der Waals surface area (Å²) in [6.45, 7) is 3.16. The molecule has 0 radical (unpaired) electrons. The summed E-state index contributed by atoms with van der Waals surface area (Å²) in [4.78, 5) is 33.6. The number of fused-ring (bicyclic) bond motifs is 1. The Hall–Kier alpha value is -3.36. The third kappa shape index (κ3) is 7.06. The Morgan fingerprint density at radius 1 is 1.06 bits per heavy atom. The molecule has 0 aliphatic heterocycles. The number of amides is 2. The van der Waals surface area contributed by atoms with Crippen molar-refractivity contribution in [1.29, 1.82) is 0 Å². The van der Waals surface area contributed by atoms with Gasteiger partial charge >= 0.3 is 0 Å². The fourth-order valence-electron chi connectivity index (χ4n) is 3.82. The van der Waals surface area contributed by atoms with Crippen LogP contribution in [-0.2, 0) is 11.2 Å². The third-order valence-electron chi connectivity index (χ3n) is 5.43. The molecule has 1 heterocycles. The SMILES string of the molecule is CC(C)(O)CC(CC(O)C(Cc1ccccc1)NC(=O)c1cnc2ccccc2n1)C(N)=O. The highest BCUT2D eigenvalue weighted by Gasteiger charge is 2.31. The van der Waals surface area contributed by atoms with Gasteiger partial charge in [0.1, 0.15) is 5.69 Å². The minimum Gasteiger partial charge on any atom is -0.391 e. The zero-order chi connectivity index (χ0) is 24.0. The van der Waals surface area contributed by atoms with E-state index >= 15 is 0 Å². The Morgan fingerprint density at radius 2 is 1.70 bits per heavy atom. The van der Waals surface area contributed by atoms with Crippen molar-refractivity contribution in [2.45, 2.75) is 50.9 Å². The predicted molar refractivity (Wildman–Crippen MR) is 125 cm³/mol. The lowest BCUT2D eigenvalue weighted by Crippen LogP contribution is -2.47. The number of primary amides is 1. The van der Waals surface area contributed by atoms with Gasteiger partial charge in [0, 0.05) is 5.92 Å². The molecule has 3 atom stereocenters. The van der Waals surface area contributed by atoms with Crippen molar-refractivity contribution in [3.8, 4) is 0 Å². The monoisotopic (exact) mass is 450 g/mol. The second kappa shape index (κ2) is 10.5. The highest BCUT2D eigenvalue weighted by atomic mass is 16.3. The van der Waals surface area contributed by atoms with E-state index in [0.29, 0.717) is 17.5 Å². The lowest BCUT2D eigenvalue weighted by atomic mass is 9.86. The molecule has 0 aliphatic carbocycles. The molecule has 0 bridgehead atoms. The molecule has 3 unspecified atom stereocenters. The molecular formula is C25H30N4O4. The average molecular weight is 451 g/mol. The van der Waals surface area contributed by atoms with Crippen LogP contribution in [0.2, 0.25) is 0 Å². The van der Waals surface area contributed by atoms with E-state index in [0.717, 1.165) is 5.56 Å². The summed E-state index contributed by atoms with van der Waals surface area (Å²) < 4.78 is 0. The van der Waals surface area contributed by atoms with Gasteiger partial charge < -0.3 is 21.3 Å². The molecule has 3 aromatic rings. The maximum atomic E-state index is 13.0. The van der Waals surface area contributed by atoms with Crippen molar-refractivity contribution in [2.75, 3.05) is 0 Å². The Morgan fingerprint density at radius 3 is 2.33 bits per heavy atom. The normalized spacial score (nSPS) is 14.4. The summed E-state index contributed by atoms with van der Waals surface area (Å²) in [5.41, 5.74) is 6.69. The second-order valence-electron chi connectivity index (χ2n) is 8.93. The number of benzene rings is 2. The molecule has 5 N–H and O–H groups in total. The fraction of sp³-hybridized carbons (Fsp3) is 0.360. The van der Waals surface area contributed by atoms with Gasteiger partial charge in [0.05, 0.1) is 35.0 Å². The van der Waals surface area contributed by atoms with Crippen LogP contribution in [0.1, 0.15) is 42.7 Å². The number of hydrogen-bond acceptors (Lipinski definition) is 6. The lowest BCUT2D eigenvalue weighted by molar-refractivity contribution is -0.125. The fourth-order valence-corrected chi connectivity index (χ4v) is 3.82. The molecule has 0 saturated carbocycles. The number of aliphatic hydroxyl groups excluding tert-OH is 1. The molecule has 0 aliphatic rings. The molecule has 8 nitrogen and oxygen atoms in total. The van der Waals surface area contributed by atoms with Crippen molar-refractivity contribution in [2.24, 2.45) is 11.7 Å². The average Bonchev–Trinajstić information content (AvgIpc) is 2.77. The molecule has 0 saturated heterocycles. The first-order chi connectivity index (χ1) is 15.6.